The van der Waals surface area contributed by atoms with E-state index in [1.165, 1.54) is 5.56 Å². The molecule has 1 aromatic carbocycles. The lowest BCUT2D eigenvalue weighted by atomic mass is 10.0. The van der Waals surface area contributed by atoms with Gasteiger partial charge in [-0.2, -0.15) is 0 Å². The molecule has 0 radical (unpaired) electrons. The number of anilines is 1. The fraction of sp³-hybridized carbons (Fsp3) is 0.0714. The van der Waals surface area contributed by atoms with Crippen molar-refractivity contribution in [2.75, 3.05) is 5.73 Å². The summed E-state index contributed by atoms with van der Waals surface area (Å²) in [5, 5.41) is 5.89. The monoisotopic (exact) mass is 256 g/mol. The van der Waals surface area contributed by atoms with E-state index in [0.29, 0.717) is 5.82 Å². The summed E-state index contributed by atoms with van der Waals surface area (Å²) in [6.45, 7) is 2.06. The molecular weight excluding hydrogens is 244 g/mol. The molecule has 0 aliphatic carbocycles. The number of rotatable bonds is 2. The highest BCUT2D eigenvalue weighted by Gasteiger charge is 2.17. The van der Waals surface area contributed by atoms with E-state index in [1.54, 1.807) is 11.3 Å². The first-order chi connectivity index (χ1) is 8.75. The van der Waals surface area contributed by atoms with Crippen LogP contribution in [0.4, 0.5) is 5.82 Å². The predicted molar refractivity (Wildman–Crippen MR) is 74.4 cm³/mol. The first-order valence-electron chi connectivity index (χ1n) is 5.62. The van der Waals surface area contributed by atoms with Crippen LogP contribution in [0.25, 0.3) is 21.8 Å². The summed E-state index contributed by atoms with van der Waals surface area (Å²) in [4.78, 5) is 1.04. The van der Waals surface area contributed by atoms with Crippen LogP contribution in [0.3, 0.4) is 0 Å². The first kappa shape index (κ1) is 11.0. The lowest BCUT2D eigenvalue weighted by Crippen LogP contribution is -1.88. The number of nitrogen functional groups attached to an aromatic ring is 1. The van der Waals surface area contributed by atoms with Gasteiger partial charge in [0.15, 0.2) is 11.6 Å². The van der Waals surface area contributed by atoms with Gasteiger partial charge in [-0.05, 0) is 23.9 Å². The van der Waals surface area contributed by atoms with Crippen LogP contribution in [-0.4, -0.2) is 5.16 Å². The molecule has 0 spiro atoms. The Morgan fingerprint density at radius 2 is 1.94 bits per heavy atom. The number of benzene rings is 1. The minimum Gasteiger partial charge on any atom is -0.380 e. The van der Waals surface area contributed by atoms with Gasteiger partial charge in [0.2, 0.25) is 0 Å². The smallest absolute Gasteiger partial charge is 0.186 e. The van der Waals surface area contributed by atoms with E-state index in [2.05, 4.69) is 24.2 Å². The van der Waals surface area contributed by atoms with Crippen LogP contribution in [0.1, 0.15) is 5.56 Å². The summed E-state index contributed by atoms with van der Waals surface area (Å²) >= 11 is 1.61. The Morgan fingerprint density at radius 3 is 2.61 bits per heavy atom. The Balaban J connectivity index is 2.17. The molecule has 0 fully saturated rings. The second-order valence-electron chi connectivity index (χ2n) is 4.12. The van der Waals surface area contributed by atoms with Gasteiger partial charge in [-0.25, -0.2) is 0 Å². The predicted octanol–water partition coefficient (Wildman–Crippen LogP) is 3.96. The van der Waals surface area contributed by atoms with Gasteiger partial charge >= 0.3 is 0 Å². The van der Waals surface area contributed by atoms with Crippen molar-refractivity contribution in [2.45, 2.75) is 6.92 Å². The Hall–Kier alpha value is -2.07. The number of thiophene rings is 1. The lowest BCUT2D eigenvalue weighted by molar-refractivity contribution is 0.437. The Kier molecular flexibility index (Phi) is 2.64. The molecule has 0 aliphatic rings. The van der Waals surface area contributed by atoms with Crippen molar-refractivity contribution in [2.24, 2.45) is 0 Å². The van der Waals surface area contributed by atoms with Crippen molar-refractivity contribution in [3.63, 3.8) is 0 Å². The van der Waals surface area contributed by atoms with Gasteiger partial charge in [-0.15, -0.1) is 11.3 Å². The number of aryl methyl sites for hydroxylation is 1. The zero-order valence-electron chi connectivity index (χ0n) is 9.88. The first-order valence-corrected chi connectivity index (χ1v) is 6.50. The molecule has 18 heavy (non-hydrogen) atoms. The van der Waals surface area contributed by atoms with E-state index in [1.807, 2.05) is 29.6 Å². The average molecular weight is 256 g/mol. The zero-order chi connectivity index (χ0) is 12.5. The van der Waals surface area contributed by atoms with E-state index < -0.39 is 0 Å². The maximum absolute atomic E-state index is 5.92. The van der Waals surface area contributed by atoms with Gasteiger partial charge < -0.3 is 10.3 Å². The number of hydrogen-bond donors (Lipinski definition) is 1. The number of nitrogens with zero attached hydrogens (tertiary/aromatic N) is 1. The third-order valence-electron chi connectivity index (χ3n) is 2.80. The molecule has 0 unspecified atom stereocenters. The lowest BCUT2D eigenvalue weighted by Gasteiger charge is -2.01. The minimum absolute atomic E-state index is 0.433. The fourth-order valence-electron chi connectivity index (χ4n) is 1.88. The van der Waals surface area contributed by atoms with E-state index in [4.69, 9.17) is 10.3 Å². The van der Waals surface area contributed by atoms with Crippen molar-refractivity contribution in [3.05, 3.63) is 47.3 Å². The molecule has 3 nitrogen and oxygen atoms in total. The van der Waals surface area contributed by atoms with Crippen LogP contribution in [0.5, 0.6) is 0 Å². The third-order valence-corrected chi connectivity index (χ3v) is 3.67. The molecule has 2 N–H and O–H groups in total. The van der Waals surface area contributed by atoms with Crippen molar-refractivity contribution in [1.29, 1.82) is 0 Å². The van der Waals surface area contributed by atoms with Gasteiger partial charge in [0, 0.05) is 0 Å². The molecule has 0 atom stereocenters. The van der Waals surface area contributed by atoms with E-state index in [9.17, 15) is 0 Å². The molecule has 3 rings (SSSR count). The highest BCUT2D eigenvalue weighted by atomic mass is 32.1. The van der Waals surface area contributed by atoms with Crippen LogP contribution < -0.4 is 5.73 Å². The van der Waals surface area contributed by atoms with Gasteiger partial charge in [-0.1, -0.05) is 41.1 Å². The average Bonchev–Trinajstić information content (AvgIpc) is 2.99. The Morgan fingerprint density at radius 1 is 1.17 bits per heavy atom. The fourth-order valence-corrected chi connectivity index (χ4v) is 2.58. The van der Waals surface area contributed by atoms with Crippen LogP contribution in [-0.2, 0) is 0 Å². The van der Waals surface area contributed by atoms with Gasteiger partial charge in [-0.3, -0.25) is 0 Å². The summed E-state index contributed by atoms with van der Waals surface area (Å²) in [6.07, 6.45) is 0. The van der Waals surface area contributed by atoms with Crippen LogP contribution in [0.2, 0.25) is 0 Å². The molecule has 90 valence electrons. The SMILES string of the molecule is Cc1ccc(-c2c(N)noc2-c2cccs2)cc1. The molecule has 0 saturated heterocycles. The van der Waals surface area contributed by atoms with E-state index >= 15 is 0 Å². The number of nitrogens with two attached hydrogens (primary N) is 1. The molecule has 2 aromatic heterocycles. The molecule has 0 saturated carbocycles. The molecule has 4 heteroatoms. The zero-order valence-corrected chi connectivity index (χ0v) is 10.7. The standard InChI is InChI=1S/C14H12N2OS/c1-9-4-6-10(7-5-9)12-13(17-16-14(12)15)11-3-2-8-18-11/h2-8H,1H3,(H2,15,16). The summed E-state index contributed by atoms with van der Waals surface area (Å²) in [6, 6.07) is 12.2. The molecule has 3 aromatic rings. The van der Waals surface area contributed by atoms with Crippen molar-refractivity contribution in [3.8, 4) is 21.8 Å². The van der Waals surface area contributed by atoms with Crippen LogP contribution in [0, 0.1) is 6.92 Å². The Labute approximate surface area is 109 Å². The second kappa shape index (κ2) is 4.31. The third kappa shape index (κ3) is 1.80. The van der Waals surface area contributed by atoms with Crippen molar-refractivity contribution in [1.82, 2.24) is 5.16 Å². The second-order valence-corrected chi connectivity index (χ2v) is 5.06. The van der Waals surface area contributed by atoms with Crippen LogP contribution in [0.15, 0.2) is 46.3 Å². The summed E-state index contributed by atoms with van der Waals surface area (Å²) in [5.74, 6) is 1.17. The summed E-state index contributed by atoms with van der Waals surface area (Å²) in [5.41, 5.74) is 9.03. The molecule has 2 heterocycles. The summed E-state index contributed by atoms with van der Waals surface area (Å²) in [7, 11) is 0. The van der Waals surface area contributed by atoms with Gasteiger partial charge in [0.05, 0.1) is 10.4 Å². The highest BCUT2D eigenvalue weighted by molar-refractivity contribution is 7.13. The maximum Gasteiger partial charge on any atom is 0.186 e. The molecular formula is C14H12N2OS. The molecule has 0 bridgehead atoms. The maximum atomic E-state index is 5.92. The number of hydrogen-bond acceptors (Lipinski definition) is 4. The number of aromatic nitrogens is 1. The van der Waals surface area contributed by atoms with Crippen molar-refractivity contribution < 1.29 is 4.52 Å². The minimum atomic E-state index is 0.433. The molecule has 0 aliphatic heterocycles. The summed E-state index contributed by atoms with van der Waals surface area (Å²) < 4.78 is 5.36. The normalized spacial score (nSPS) is 10.7. The van der Waals surface area contributed by atoms with Gasteiger partial charge in [0.1, 0.15) is 0 Å². The quantitative estimate of drug-likeness (QED) is 0.755. The molecule has 0 amide bonds. The highest BCUT2D eigenvalue weighted by Crippen LogP contribution is 2.38. The van der Waals surface area contributed by atoms with Crippen LogP contribution >= 0.6 is 11.3 Å². The van der Waals surface area contributed by atoms with Gasteiger partial charge in [0.25, 0.3) is 0 Å². The Bertz CT molecular complexity index is 654. The van der Waals surface area contributed by atoms with E-state index in [-0.39, 0.29) is 0 Å². The largest absolute Gasteiger partial charge is 0.380 e. The van der Waals surface area contributed by atoms with E-state index in [0.717, 1.165) is 21.8 Å². The topological polar surface area (TPSA) is 52.0 Å². The van der Waals surface area contributed by atoms with Crippen molar-refractivity contribution >= 4 is 17.2 Å².